The first kappa shape index (κ1) is 13.3. The molecule has 1 aromatic heterocycles. The monoisotopic (exact) mass is 271 g/mol. The lowest BCUT2D eigenvalue weighted by Gasteiger charge is -2.10. The summed E-state index contributed by atoms with van der Waals surface area (Å²) in [5.74, 6) is -0.333. The molecule has 20 heavy (non-hydrogen) atoms. The maximum atomic E-state index is 12.1. The molecule has 1 heterocycles. The molecule has 2 rings (SSSR count). The number of aromatic hydroxyl groups is 1. The lowest BCUT2D eigenvalue weighted by atomic mass is 10.1. The number of aryl methyl sites for hydroxylation is 1. The zero-order chi connectivity index (χ0) is 14.9. The average Bonchev–Trinajstić information content (AvgIpc) is 2.39. The van der Waals surface area contributed by atoms with Gasteiger partial charge < -0.3 is 5.11 Å². The van der Waals surface area contributed by atoms with Crippen molar-refractivity contribution in [3.63, 3.8) is 0 Å². The minimum absolute atomic E-state index is 0.0823. The van der Waals surface area contributed by atoms with E-state index in [1.54, 1.807) is 13.0 Å². The molecule has 0 unspecified atom stereocenters. The Balaban J connectivity index is 2.67. The Morgan fingerprint density at radius 2 is 1.95 bits per heavy atom. The zero-order valence-corrected chi connectivity index (χ0v) is 10.4. The highest BCUT2D eigenvalue weighted by atomic mass is 16.6. The van der Waals surface area contributed by atoms with E-state index in [2.05, 4.69) is 0 Å². The first-order valence-electron chi connectivity index (χ1n) is 5.56. The van der Waals surface area contributed by atoms with E-state index in [4.69, 9.17) is 5.26 Å². The summed E-state index contributed by atoms with van der Waals surface area (Å²) in [6, 6.07) is 8.16. The van der Waals surface area contributed by atoms with Crippen LogP contribution in [0.4, 0.5) is 5.69 Å². The van der Waals surface area contributed by atoms with E-state index in [1.807, 2.05) is 0 Å². The third-order valence-electron chi connectivity index (χ3n) is 2.82. The summed E-state index contributed by atoms with van der Waals surface area (Å²) in [6.07, 6.45) is 0. The van der Waals surface area contributed by atoms with E-state index >= 15 is 0 Å². The highest BCUT2D eigenvalue weighted by molar-refractivity contribution is 5.46. The second kappa shape index (κ2) is 4.85. The number of rotatable bonds is 2. The van der Waals surface area contributed by atoms with Gasteiger partial charge in [0.15, 0.2) is 5.88 Å². The fraction of sp³-hybridized carbons (Fsp3) is 0.0769. The van der Waals surface area contributed by atoms with Gasteiger partial charge in [-0.1, -0.05) is 0 Å². The SMILES string of the molecule is Cc1cc(O)n(-c2ccc([N+](=O)[O-])cc2)c(=O)c1C#N. The Morgan fingerprint density at radius 3 is 2.45 bits per heavy atom. The molecule has 0 radical (unpaired) electrons. The molecule has 0 aliphatic rings. The van der Waals surface area contributed by atoms with E-state index in [0.717, 1.165) is 4.57 Å². The number of nitro benzene ring substituents is 1. The van der Waals surface area contributed by atoms with Crippen LogP contribution in [0.5, 0.6) is 5.88 Å². The van der Waals surface area contributed by atoms with Crippen molar-refractivity contribution >= 4 is 5.69 Å². The van der Waals surface area contributed by atoms with E-state index < -0.39 is 10.5 Å². The number of hydrogen-bond acceptors (Lipinski definition) is 5. The molecule has 0 saturated heterocycles. The quantitative estimate of drug-likeness (QED) is 0.659. The van der Waals surface area contributed by atoms with Crippen molar-refractivity contribution in [3.8, 4) is 17.6 Å². The lowest BCUT2D eigenvalue weighted by molar-refractivity contribution is -0.384. The fourth-order valence-corrected chi connectivity index (χ4v) is 1.82. The summed E-state index contributed by atoms with van der Waals surface area (Å²) in [6.45, 7) is 1.54. The fourth-order valence-electron chi connectivity index (χ4n) is 1.82. The summed E-state index contributed by atoms with van der Waals surface area (Å²) in [5.41, 5.74) is -0.267. The Morgan fingerprint density at radius 1 is 1.35 bits per heavy atom. The van der Waals surface area contributed by atoms with Crippen molar-refractivity contribution in [1.82, 2.24) is 4.57 Å². The molecule has 0 spiro atoms. The number of pyridine rings is 1. The largest absolute Gasteiger partial charge is 0.494 e. The molecule has 1 aromatic carbocycles. The van der Waals surface area contributed by atoms with Crippen molar-refractivity contribution < 1.29 is 10.0 Å². The van der Waals surface area contributed by atoms with Crippen molar-refractivity contribution in [1.29, 1.82) is 5.26 Å². The molecule has 7 nitrogen and oxygen atoms in total. The maximum absolute atomic E-state index is 12.1. The van der Waals surface area contributed by atoms with Crippen LogP contribution in [0.25, 0.3) is 5.69 Å². The maximum Gasteiger partial charge on any atom is 0.276 e. The van der Waals surface area contributed by atoms with Crippen molar-refractivity contribution in [2.45, 2.75) is 6.92 Å². The first-order chi connectivity index (χ1) is 9.45. The van der Waals surface area contributed by atoms with Crippen LogP contribution >= 0.6 is 0 Å². The normalized spacial score (nSPS) is 10.0. The van der Waals surface area contributed by atoms with Crippen LogP contribution in [-0.2, 0) is 0 Å². The number of non-ortho nitro benzene ring substituents is 1. The summed E-state index contributed by atoms with van der Waals surface area (Å²) >= 11 is 0. The third-order valence-corrected chi connectivity index (χ3v) is 2.82. The standard InChI is InChI=1S/C13H9N3O4/c1-8-6-12(17)15(13(18)11(8)7-14)9-2-4-10(5-3-9)16(19)20/h2-6,17H,1H3. The van der Waals surface area contributed by atoms with E-state index in [-0.39, 0.29) is 22.8 Å². The Labute approximate surface area is 113 Å². The number of benzene rings is 1. The van der Waals surface area contributed by atoms with Crippen LogP contribution in [0.15, 0.2) is 35.1 Å². The molecule has 1 N–H and O–H groups in total. The van der Waals surface area contributed by atoms with E-state index in [9.17, 15) is 20.0 Å². The molecule has 2 aromatic rings. The summed E-state index contributed by atoms with van der Waals surface area (Å²) < 4.78 is 0.926. The Hall–Kier alpha value is -3.14. The second-order valence-electron chi connectivity index (χ2n) is 4.09. The van der Waals surface area contributed by atoms with Crippen LogP contribution in [0.3, 0.4) is 0 Å². The van der Waals surface area contributed by atoms with Gasteiger partial charge in [0.1, 0.15) is 11.6 Å². The van der Waals surface area contributed by atoms with Crippen LogP contribution in [0.2, 0.25) is 0 Å². The van der Waals surface area contributed by atoms with Crippen LogP contribution in [0.1, 0.15) is 11.1 Å². The smallest absolute Gasteiger partial charge is 0.276 e. The number of hydrogen-bond donors (Lipinski definition) is 1. The average molecular weight is 271 g/mol. The molecule has 0 bridgehead atoms. The molecule has 7 heteroatoms. The van der Waals surface area contributed by atoms with Crippen LogP contribution in [-0.4, -0.2) is 14.6 Å². The van der Waals surface area contributed by atoms with Crippen molar-refractivity contribution in [2.75, 3.05) is 0 Å². The predicted molar refractivity (Wildman–Crippen MR) is 69.8 cm³/mol. The second-order valence-corrected chi connectivity index (χ2v) is 4.09. The van der Waals surface area contributed by atoms with Gasteiger partial charge in [0.25, 0.3) is 11.2 Å². The molecule has 0 aliphatic heterocycles. The van der Waals surface area contributed by atoms with E-state index in [1.165, 1.54) is 30.3 Å². The Bertz CT molecular complexity index is 785. The van der Waals surface area contributed by atoms with Crippen molar-refractivity contribution in [3.05, 3.63) is 61.9 Å². The van der Waals surface area contributed by atoms with Gasteiger partial charge in [-0.2, -0.15) is 5.26 Å². The molecule has 100 valence electrons. The topological polar surface area (TPSA) is 109 Å². The van der Waals surface area contributed by atoms with Gasteiger partial charge in [-0.15, -0.1) is 0 Å². The third kappa shape index (κ3) is 2.10. The van der Waals surface area contributed by atoms with Gasteiger partial charge in [0.2, 0.25) is 0 Å². The van der Waals surface area contributed by atoms with Gasteiger partial charge >= 0.3 is 0 Å². The number of nitriles is 1. The van der Waals surface area contributed by atoms with Crippen LogP contribution in [0, 0.1) is 28.4 Å². The molecule has 0 amide bonds. The predicted octanol–water partition coefficient (Wildman–Crippen LogP) is 1.63. The molecule has 0 atom stereocenters. The molecular weight excluding hydrogens is 262 g/mol. The zero-order valence-electron chi connectivity index (χ0n) is 10.4. The number of nitrogens with zero attached hydrogens (tertiary/aromatic N) is 3. The highest BCUT2D eigenvalue weighted by Gasteiger charge is 2.14. The van der Waals surface area contributed by atoms with Gasteiger partial charge in [0, 0.05) is 18.2 Å². The molecular formula is C13H9N3O4. The molecule has 0 saturated carbocycles. The van der Waals surface area contributed by atoms with Gasteiger partial charge in [-0.3, -0.25) is 14.9 Å². The van der Waals surface area contributed by atoms with Gasteiger partial charge in [-0.05, 0) is 24.6 Å². The molecule has 0 aliphatic carbocycles. The van der Waals surface area contributed by atoms with E-state index in [0.29, 0.717) is 5.56 Å². The summed E-state index contributed by atoms with van der Waals surface area (Å²) in [7, 11) is 0. The minimum atomic E-state index is -0.668. The summed E-state index contributed by atoms with van der Waals surface area (Å²) in [4.78, 5) is 22.1. The Kier molecular flexibility index (Phi) is 3.23. The van der Waals surface area contributed by atoms with Crippen molar-refractivity contribution in [2.24, 2.45) is 0 Å². The van der Waals surface area contributed by atoms with Gasteiger partial charge in [0.05, 0.1) is 10.6 Å². The van der Waals surface area contributed by atoms with Gasteiger partial charge in [-0.25, -0.2) is 4.57 Å². The lowest BCUT2D eigenvalue weighted by Crippen LogP contribution is -2.22. The number of nitro groups is 1. The minimum Gasteiger partial charge on any atom is -0.494 e. The molecule has 0 fully saturated rings. The first-order valence-corrected chi connectivity index (χ1v) is 5.56. The van der Waals surface area contributed by atoms with Crippen LogP contribution < -0.4 is 5.56 Å². The highest BCUT2D eigenvalue weighted by Crippen LogP contribution is 2.20. The number of aromatic nitrogens is 1. The summed E-state index contributed by atoms with van der Waals surface area (Å²) in [5, 5.41) is 29.4.